The topological polar surface area (TPSA) is 55.8 Å². The Kier molecular flexibility index (Phi) is 3.87. The molecular weight excluding hydrogens is 166 g/mol. The van der Waals surface area contributed by atoms with Crippen molar-refractivity contribution in [3.63, 3.8) is 0 Å². The van der Waals surface area contributed by atoms with Gasteiger partial charge in [0, 0.05) is 11.2 Å². The minimum Gasteiger partial charge on any atom is -0.311 e. The van der Waals surface area contributed by atoms with Crippen molar-refractivity contribution >= 4 is 18.2 Å². The highest BCUT2D eigenvalue weighted by Gasteiger charge is 2.14. The number of rotatable bonds is 3. The smallest absolute Gasteiger partial charge is 0.311 e. The molecule has 0 saturated carbocycles. The minimum absolute atomic E-state index is 0.211. The second kappa shape index (κ2) is 3.89. The van der Waals surface area contributed by atoms with Crippen molar-refractivity contribution in [1.29, 1.82) is 0 Å². The van der Waals surface area contributed by atoms with Crippen LogP contribution in [0.4, 0.5) is 0 Å². The summed E-state index contributed by atoms with van der Waals surface area (Å²) in [7, 11) is 0. The molecular formula is C3H4ClO4P. The van der Waals surface area contributed by atoms with Gasteiger partial charge in [0.2, 0.25) is 0 Å². The summed E-state index contributed by atoms with van der Waals surface area (Å²) in [6, 6.07) is 0. The Morgan fingerprint density at radius 2 is 2.44 bits per heavy atom. The van der Waals surface area contributed by atoms with E-state index in [9.17, 15) is 4.57 Å². The third-order valence-electron chi connectivity index (χ3n) is 0.287. The first-order chi connectivity index (χ1) is 4.06. The lowest BCUT2D eigenvalue weighted by atomic mass is 10.8. The molecule has 0 aliphatic carbocycles. The first-order valence-electron chi connectivity index (χ1n) is 1.83. The average molecular weight is 170 g/mol. The van der Waals surface area contributed by atoms with Crippen LogP contribution in [0.3, 0.4) is 0 Å². The highest BCUT2D eigenvalue weighted by atomic mass is 35.7. The molecule has 0 aromatic rings. The molecule has 0 aromatic heterocycles. The monoisotopic (exact) mass is 170 g/mol. The largest absolute Gasteiger partial charge is 0.448 e. The van der Waals surface area contributed by atoms with E-state index in [-0.39, 0.29) is 6.61 Å². The maximum atomic E-state index is 9.99. The molecule has 6 heteroatoms. The lowest BCUT2D eigenvalue weighted by Gasteiger charge is -1.98. The van der Waals surface area contributed by atoms with E-state index in [4.69, 9.17) is 4.89 Å². The fourth-order valence-corrected chi connectivity index (χ4v) is 0.428. The maximum absolute atomic E-state index is 9.99. The Bertz CT molecular complexity index is 156. The highest BCUT2D eigenvalue weighted by Crippen LogP contribution is 2.47. The summed E-state index contributed by atoms with van der Waals surface area (Å²) >= 11 is 4.66. The van der Waals surface area contributed by atoms with Crippen LogP contribution in [0.1, 0.15) is 0 Å². The molecule has 0 amide bonds. The van der Waals surface area contributed by atoms with Crippen molar-refractivity contribution in [2.45, 2.75) is 0 Å². The Balaban J connectivity index is 3.32. The summed E-state index contributed by atoms with van der Waals surface area (Å²) in [6.07, 6.45) is 4.69. The van der Waals surface area contributed by atoms with Gasteiger partial charge in [-0.15, -0.1) is 11.1 Å². The summed E-state index contributed by atoms with van der Waals surface area (Å²) in [4.78, 5) is 12.1. The lowest BCUT2D eigenvalue weighted by molar-refractivity contribution is -0.196. The Labute approximate surface area is 57.0 Å². The van der Waals surface area contributed by atoms with Gasteiger partial charge in [0.1, 0.15) is 6.61 Å². The van der Waals surface area contributed by atoms with Gasteiger partial charge in [-0.25, -0.2) is 9.45 Å². The molecule has 9 heavy (non-hydrogen) atoms. The molecule has 0 aromatic carbocycles. The van der Waals surface area contributed by atoms with Crippen LogP contribution in [-0.2, 0) is 14.1 Å². The van der Waals surface area contributed by atoms with Crippen molar-refractivity contribution in [3.05, 3.63) is 0 Å². The van der Waals surface area contributed by atoms with E-state index >= 15 is 0 Å². The molecule has 1 unspecified atom stereocenters. The van der Waals surface area contributed by atoms with Crippen LogP contribution >= 0.6 is 18.2 Å². The Hall–Kier alpha value is -0.0400. The zero-order valence-corrected chi connectivity index (χ0v) is 5.93. The van der Waals surface area contributed by atoms with Gasteiger partial charge in [0.15, 0.2) is 0 Å². The quantitative estimate of drug-likeness (QED) is 0.225. The molecule has 0 aliphatic rings. The van der Waals surface area contributed by atoms with Gasteiger partial charge in [-0.1, -0.05) is 5.92 Å². The fraction of sp³-hybridized carbons (Fsp3) is 0.333. The van der Waals surface area contributed by atoms with Crippen LogP contribution in [0.5, 0.6) is 0 Å². The molecule has 4 nitrogen and oxygen atoms in total. The highest BCUT2D eigenvalue weighted by molar-refractivity contribution is 7.80. The van der Waals surface area contributed by atoms with E-state index in [1.54, 1.807) is 0 Å². The predicted molar refractivity (Wildman–Crippen MR) is 31.5 cm³/mol. The Morgan fingerprint density at radius 3 is 2.78 bits per heavy atom. The molecule has 0 fully saturated rings. The SMILES string of the molecule is C#CCOOP(=O)(O)Cl. The molecule has 0 radical (unpaired) electrons. The molecule has 0 heterocycles. The second-order valence-electron chi connectivity index (χ2n) is 0.992. The standard InChI is InChI=1S/C3H4ClO4P/c1-2-3-7-8-9(4,5)6/h1H,3H2,(H,5,6). The third kappa shape index (κ3) is 7.96. The van der Waals surface area contributed by atoms with Crippen LogP contribution in [0.2, 0.25) is 0 Å². The van der Waals surface area contributed by atoms with Gasteiger partial charge in [-0.05, 0) is 0 Å². The third-order valence-corrected chi connectivity index (χ3v) is 0.745. The van der Waals surface area contributed by atoms with E-state index in [1.165, 1.54) is 0 Å². The lowest BCUT2D eigenvalue weighted by Crippen LogP contribution is -1.88. The maximum Gasteiger partial charge on any atom is 0.448 e. The zero-order valence-electron chi connectivity index (χ0n) is 4.28. The molecule has 1 atom stereocenters. The summed E-state index contributed by atoms with van der Waals surface area (Å²) < 4.78 is 13.7. The Morgan fingerprint density at radius 1 is 1.89 bits per heavy atom. The van der Waals surface area contributed by atoms with E-state index in [0.717, 1.165) is 0 Å². The van der Waals surface area contributed by atoms with Crippen molar-refractivity contribution < 1.29 is 19.0 Å². The van der Waals surface area contributed by atoms with Crippen LogP contribution in [0, 0.1) is 12.3 Å². The number of halogens is 1. The van der Waals surface area contributed by atoms with Crippen molar-refractivity contribution in [1.82, 2.24) is 0 Å². The van der Waals surface area contributed by atoms with Gasteiger partial charge in [-0.2, -0.15) is 0 Å². The second-order valence-corrected chi connectivity index (χ2v) is 3.33. The summed E-state index contributed by atoms with van der Waals surface area (Å²) in [5.74, 6) is 2.00. The van der Waals surface area contributed by atoms with Crippen LogP contribution in [-0.4, -0.2) is 11.5 Å². The van der Waals surface area contributed by atoms with Crippen molar-refractivity contribution in [2.24, 2.45) is 0 Å². The van der Waals surface area contributed by atoms with E-state index < -0.39 is 6.95 Å². The van der Waals surface area contributed by atoms with Gasteiger partial charge >= 0.3 is 6.95 Å². The molecule has 0 bridgehead atoms. The van der Waals surface area contributed by atoms with Crippen LogP contribution in [0.15, 0.2) is 0 Å². The van der Waals surface area contributed by atoms with Gasteiger partial charge in [0.05, 0.1) is 0 Å². The molecule has 0 aliphatic heterocycles. The fourth-order valence-electron chi connectivity index (χ4n) is 0.125. The van der Waals surface area contributed by atoms with Crippen LogP contribution in [0.25, 0.3) is 0 Å². The van der Waals surface area contributed by atoms with Crippen molar-refractivity contribution in [3.8, 4) is 12.3 Å². The summed E-state index contributed by atoms with van der Waals surface area (Å²) in [5.41, 5.74) is 0. The first kappa shape index (κ1) is 8.96. The predicted octanol–water partition coefficient (Wildman–Crippen LogP) is 0.907. The number of terminal acetylenes is 1. The van der Waals surface area contributed by atoms with E-state index in [1.807, 2.05) is 5.92 Å². The molecule has 1 N–H and O–H groups in total. The average Bonchev–Trinajstić information content (AvgIpc) is 1.63. The van der Waals surface area contributed by atoms with Gasteiger partial charge in [-0.3, -0.25) is 0 Å². The minimum atomic E-state index is -4.04. The normalized spacial score (nSPS) is 16.1. The van der Waals surface area contributed by atoms with Crippen LogP contribution < -0.4 is 0 Å². The van der Waals surface area contributed by atoms with Crippen molar-refractivity contribution in [2.75, 3.05) is 6.61 Å². The molecule has 52 valence electrons. The first-order valence-corrected chi connectivity index (χ1v) is 4.31. The molecule has 0 saturated heterocycles. The molecule has 0 rings (SSSR count). The van der Waals surface area contributed by atoms with E-state index in [2.05, 4.69) is 27.2 Å². The van der Waals surface area contributed by atoms with Gasteiger partial charge < -0.3 is 4.89 Å². The number of hydrogen-bond acceptors (Lipinski definition) is 3. The molecule has 0 spiro atoms. The van der Waals surface area contributed by atoms with E-state index in [0.29, 0.717) is 0 Å². The summed E-state index contributed by atoms with van der Waals surface area (Å²) in [6.45, 7) is -4.25. The number of hydrogen-bond donors (Lipinski definition) is 1. The van der Waals surface area contributed by atoms with Gasteiger partial charge in [0.25, 0.3) is 0 Å². The zero-order chi connectivity index (χ0) is 7.33. The summed E-state index contributed by atoms with van der Waals surface area (Å²) in [5, 5.41) is 0.